The average molecular weight is 462 g/mol. The number of aromatic nitrogens is 1. The van der Waals surface area contributed by atoms with E-state index in [1.165, 1.54) is 19.3 Å². The predicted molar refractivity (Wildman–Crippen MR) is 125 cm³/mol. The van der Waals surface area contributed by atoms with E-state index >= 15 is 0 Å². The third-order valence-electron chi connectivity index (χ3n) is 5.93. The average Bonchev–Trinajstić information content (AvgIpc) is 2.73. The Bertz CT molecular complexity index is 898. The van der Waals surface area contributed by atoms with Crippen molar-refractivity contribution in [2.75, 3.05) is 40.4 Å². The third-order valence-corrected chi connectivity index (χ3v) is 5.93. The summed E-state index contributed by atoms with van der Waals surface area (Å²) in [6, 6.07) is 4.00. The molecule has 0 saturated carbocycles. The zero-order chi connectivity index (χ0) is 18.8. The van der Waals surface area contributed by atoms with Gasteiger partial charge in [0.25, 0.3) is 5.56 Å². The minimum absolute atomic E-state index is 0. The molecule has 0 aliphatic carbocycles. The van der Waals surface area contributed by atoms with E-state index in [2.05, 4.69) is 10.2 Å². The van der Waals surface area contributed by atoms with Crippen molar-refractivity contribution >= 4 is 35.7 Å². The van der Waals surface area contributed by atoms with Crippen LogP contribution in [0.5, 0.6) is 11.5 Å². The molecule has 9 heteroatoms. The lowest BCUT2D eigenvalue weighted by Crippen LogP contribution is -2.38. The highest BCUT2D eigenvalue weighted by Gasteiger charge is 2.22. The van der Waals surface area contributed by atoms with Gasteiger partial charge in [0, 0.05) is 36.7 Å². The van der Waals surface area contributed by atoms with Gasteiger partial charge in [0.1, 0.15) is 0 Å². The van der Waals surface area contributed by atoms with Crippen LogP contribution in [0.1, 0.15) is 30.4 Å². The van der Waals surface area contributed by atoms with Crippen LogP contribution < -0.4 is 20.3 Å². The molecule has 0 spiro atoms. The molecular weight excluding hydrogens is 429 g/mol. The molecular formula is C21H33Cl2N3O4. The standard InChI is InChI=1S/C21H29N3O3.2ClH.H2O/c1-26-19-12-16-15-6-7-22-14-17(15)21(25)24(18(16)13-20(19)27-2)11-10-23-8-4-3-5-9-23;;;/h12-13,22H,3-11,14H2,1-2H3;2*1H;1H2. The van der Waals surface area contributed by atoms with Crippen molar-refractivity contribution in [1.29, 1.82) is 0 Å². The van der Waals surface area contributed by atoms with Crippen LogP contribution in [0.2, 0.25) is 0 Å². The van der Waals surface area contributed by atoms with E-state index in [1.807, 2.05) is 16.7 Å². The van der Waals surface area contributed by atoms with Gasteiger partial charge in [-0.05, 0) is 50.5 Å². The number of likely N-dealkylation sites (tertiary alicyclic amines) is 1. The normalized spacial score (nSPS) is 15.9. The Labute approximate surface area is 189 Å². The van der Waals surface area contributed by atoms with E-state index in [9.17, 15) is 4.79 Å². The molecule has 1 aromatic heterocycles. The zero-order valence-electron chi connectivity index (χ0n) is 17.7. The molecule has 0 unspecified atom stereocenters. The second kappa shape index (κ2) is 11.8. The van der Waals surface area contributed by atoms with Crippen LogP contribution >= 0.6 is 24.8 Å². The molecule has 2 aliphatic heterocycles. The summed E-state index contributed by atoms with van der Waals surface area (Å²) in [5, 5.41) is 4.46. The van der Waals surface area contributed by atoms with Gasteiger partial charge in [-0.2, -0.15) is 0 Å². The summed E-state index contributed by atoms with van der Waals surface area (Å²) in [6.45, 7) is 5.43. The number of benzene rings is 1. The number of fused-ring (bicyclic) bond motifs is 3. The minimum atomic E-state index is 0. The summed E-state index contributed by atoms with van der Waals surface area (Å²) >= 11 is 0. The second-order valence-electron chi connectivity index (χ2n) is 7.47. The first-order valence-electron chi connectivity index (χ1n) is 9.96. The van der Waals surface area contributed by atoms with Crippen molar-refractivity contribution in [3.63, 3.8) is 0 Å². The van der Waals surface area contributed by atoms with E-state index in [-0.39, 0.29) is 35.8 Å². The first-order valence-corrected chi connectivity index (χ1v) is 9.96. The fraction of sp³-hybridized carbons (Fsp3) is 0.571. The number of pyridine rings is 1. The van der Waals surface area contributed by atoms with Crippen molar-refractivity contribution in [1.82, 2.24) is 14.8 Å². The molecule has 0 atom stereocenters. The van der Waals surface area contributed by atoms with Crippen LogP contribution in [0.3, 0.4) is 0 Å². The Morgan fingerprint density at radius 1 is 0.967 bits per heavy atom. The Kier molecular flexibility index (Phi) is 10.4. The molecule has 1 aromatic carbocycles. The molecule has 1 saturated heterocycles. The van der Waals surface area contributed by atoms with Gasteiger partial charge in [0.2, 0.25) is 0 Å². The van der Waals surface area contributed by atoms with Gasteiger partial charge in [0.05, 0.1) is 19.7 Å². The quantitative estimate of drug-likeness (QED) is 0.736. The fourth-order valence-corrected chi connectivity index (χ4v) is 4.44. The number of ether oxygens (including phenoxy) is 2. The summed E-state index contributed by atoms with van der Waals surface area (Å²) in [5.74, 6) is 1.39. The van der Waals surface area contributed by atoms with Gasteiger partial charge < -0.3 is 29.7 Å². The molecule has 0 bridgehead atoms. The molecule has 2 aliphatic rings. The molecule has 4 rings (SSSR count). The van der Waals surface area contributed by atoms with E-state index in [1.54, 1.807) is 14.2 Å². The molecule has 170 valence electrons. The molecule has 3 N–H and O–H groups in total. The van der Waals surface area contributed by atoms with Gasteiger partial charge in [0.15, 0.2) is 11.5 Å². The highest BCUT2D eigenvalue weighted by molar-refractivity contribution is 5.87. The van der Waals surface area contributed by atoms with Gasteiger partial charge in [-0.25, -0.2) is 0 Å². The summed E-state index contributed by atoms with van der Waals surface area (Å²) in [7, 11) is 3.30. The molecule has 3 heterocycles. The van der Waals surface area contributed by atoms with Crippen LogP contribution in [-0.4, -0.2) is 55.3 Å². The van der Waals surface area contributed by atoms with Gasteiger partial charge in [-0.3, -0.25) is 4.79 Å². The Balaban J connectivity index is 0.00000150. The second-order valence-corrected chi connectivity index (χ2v) is 7.47. The first-order chi connectivity index (χ1) is 13.2. The maximum absolute atomic E-state index is 13.3. The summed E-state index contributed by atoms with van der Waals surface area (Å²) in [6.07, 6.45) is 4.70. The van der Waals surface area contributed by atoms with Crippen molar-refractivity contribution < 1.29 is 14.9 Å². The predicted octanol–water partition coefficient (Wildman–Crippen LogP) is 2.17. The number of hydrogen-bond donors (Lipinski definition) is 1. The monoisotopic (exact) mass is 461 g/mol. The van der Waals surface area contributed by atoms with Crippen molar-refractivity contribution in [3.8, 4) is 11.5 Å². The van der Waals surface area contributed by atoms with Crippen LogP contribution in [-0.2, 0) is 19.5 Å². The van der Waals surface area contributed by atoms with Gasteiger partial charge >= 0.3 is 0 Å². The number of methoxy groups -OCH3 is 2. The molecule has 7 nitrogen and oxygen atoms in total. The number of nitrogens with one attached hydrogen (secondary N) is 1. The lowest BCUT2D eigenvalue weighted by molar-refractivity contribution is 0.221. The number of hydrogen-bond acceptors (Lipinski definition) is 5. The highest BCUT2D eigenvalue weighted by Crippen LogP contribution is 2.34. The molecule has 0 amide bonds. The number of halogens is 2. The maximum Gasteiger partial charge on any atom is 0.255 e. The summed E-state index contributed by atoms with van der Waals surface area (Å²) in [4.78, 5) is 15.8. The maximum atomic E-state index is 13.3. The van der Waals surface area contributed by atoms with Crippen molar-refractivity contribution in [2.24, 2.45) is 0 Å². The summed E-state index contributed by atoms with van der Waals surface area (Å²) < 4.78 is 13.0. The van der Waals surface area contributed by atoms with E-state index in [0.29, 0.717) is 24.6 Å². The van der Waals surface area contributed by atoms with Crippen molar-refractivity contribution in [3.05, 3.63) is 33.6 Å². The van der Waals surface area contributed by atoms with Crippen LogP contribution in [0.25, 0.3) is 10.9 Å². The van der Waals surface area contributed by atoms with E-state index < -0.39 is 0 Å². The number of nitrogens with zero attached hydrogens (tertiary/aromatic N) is 2. The molecule has 30 heavy (non-hydrogen) atoms. The first kappa shape index (κ1) is 26.5. The molecule has 0 radical (unpaired) electrons. The van der Waals surface area contributed by atoms with E-state index in [4.69, 9.17) is 9.47 Å². The van der Waals surface area contributed by atoms with Crippen LogP contribution in [0, 0.1) is 0 Å². The molecule has 2 aromatic rings. The van der Waals surface area contributed by atoms with E-state index in [0.717, 1.165) is 54.6 Å². The highest BCUT2D eigenvalue weighted by atomic mass is 35.5. The smallest absolute Gasteiger partial charge is 0.255 e. The Hall–Kier alpha value is -1.51. The van der Waals surface area contributed by atoms with Crippen LogP contribution in [0.4, 0.5) is 0 Å². The number of rotatable bonds is 5. The minimum Gasteiger partial charge on any atom is -0.493 e. The van der Waals surface area contributed by atoms with Crippen LogP contribution in [0.15, 0.2) is 16.9 Å². The lowest BCUT2D eigenvalue weighted by Gasteiger charge is -2.28. The van der Waals surface area contributed by atoms with Gasteiger partial charge in [-0.15, -0.1) is 24.8 Å². The molecule has 1 fully saturated rings. The Morgan fingerprint density at radius 2 is 1.63 bits per heavy atom. The van der Waals surface area contributed by atoms with Gasteiger partial charge in [-0.1, -0.05) is 6.42 Å². The SMILES string of the molecule is COc1cc2c3c(c(=O)n(CCN4CCCCC4)c2cc1OC)CNCC3.Cl.Cl.O. The zero-order valence-corrected chi connectivity index (χ0v) is 19.3. The largest absolute Gasteiger partial charge is 0.493 e. The summed E-state index contributed by atoms with van der Waals surface area (Å²) in [5.41, 5.74) is 3.15. The lowest BCUT2D eigenvalue weighted by atomic mass is 9.96. The third kappa shape index (κ3) is 5.03. The topological polar surface area (TPSA) is 87.2 Å². The van der Waals surface area contributed by atoms with Crippen molar-refractivity contribution in [2.45, 2.75) is 38.8 Å². The number of piperidine rings is 1. The Morgan fingerprint density at radius 3 is 2.30 bits per heavy atom. The fourth-order valence-electron chi connectivity index (χ4n) is 4.44.